The summed E-state index contributed by atoms with van der Waals surface area (Å²) < 4.78 is 6.54. The molecule has 0 saturated carbocycles. The first-order valence-corrected chi connectivity index (χ1v) is 8.00. The van der Waals surface area contributed by atoms with Crippen LogP contribution in [-0.4, -0.2) is 12.5 Å². The molecule has 2 aromatic carbocycles. The second-order valence-corrected chi connectivity index (χ2v) is 6.44. The van der Waals surface area contributed by atoms with E-state index in [2.05, 4.69) is 21.2 Å². The molecule has 1 N–H and O–H groups in total. The van der Waals surface area contributed by atoms with Gasteiger partial charge in [0.1, 0.15) is 5.75 Å². The van der Waals surface area contributed by atoms with Crippen LogP contribution in [0.4, 0.5) is 5.69 Å². The maximum Gasteiger partial charge on any atom is 0.262 e. The zero-order chi connectivity index (χ0) is 16.3. The first-order valence-electron chi connectivity index (χ1n) is 6.83. The minimum Gasteiger partial charge on any atom is -0.483 e. The van der Waals surface area contributed by atoms with Crippen LogP contribution in [0.25, 0.3) is 0 Å². The molecule has 0 bridgehead atoms. The van der Waals surface area contributed by atoms with Crippen molar-refractivity contribution in [1.82, 2.24) is 0 Å². The highest BCUT2D eigenvalue weighted by molar-refractivity contribution is 9.10. The van der Waals surface area contributed by atoms with Crippen LogP contribution in [0.5, 0.6) is 5.75 Å². The number of carbonyl (C=O) groups is 1. The van der Waals surface area contributed by atoms with Gasteiger partial charge in [-0.25, -0.2) is 0 Å². The van der Waals surface area contributed by atoms with Crippen molar-refractivity contribution >= 4 is 39.1 Å². The molecule has 3 nitrogen and oxygen atoms in total. The normalized spacial score (nSPS) is 10.4. The maximum atomic E-state index is 12.0. The van der Waals surface area contributed by atoms with Gasteiger partial charge in [0.15, 0.2) is 6.61 Å². The number of carbonyl (C=O) groups excluding carboxylic acids is 1. The van der Waals surface area contributed by atoms with E-state index >= 15 is 0 Å². The van der Waals surface area contributed by atoms with Crippen LogP contribution in [-0.2, 0) is 4.79 Å². The summed E-state index contributed by atoms with van der Waals surface area (Å²) in [5, 5.41) is 3.22. The van der Waals surface area contributed by atoms with Gasteiger partial charge in [0.2, 0.25) is 0 Å². The van der Waals surface area contributed by atoms with E-state index in [0.717, 1.165) is 26.9 Å². The standard InChI is InChI=1S/C17H17BrClNO2/c1-10-4-5-11(2)17(12(10)3)22-9-16(21)20-15-7-6-13(18)8-14(15)19/h4-8H,9H2,1-3H3,(H,20,21). The Morgan fingerprint density at radius 2 is 1.86 bits per heavy atom. The molecule has 0 aliphatic carbocycles. The fourth-order valence-electron chi connectivity index (χ4n) is 2.06. The summed E-state index contributed by atoms with van der Waals surface area (Å²) in [7, 11) is 0. The average molecular weight is 383 g/mol. The summed E-state index contributed by atoms with van der Waals surface area (Å²) in [5.74, 6) is 0.515. The summed E-state index contributed by atoms with van der Waals surface area (Å²) in [6, 6.07) is 9.32. The molecule has 0 fully saturated rings. The Balaban J connectivity index is 2.03. The lowest BCUT2D eigenvalue weighted by atomic mass is 10.1. The van der Waals surface area contributed by atoms with Crippen molar-refractivity contribution in [1.29, 1.82) is 0 Å². The minimum absolute atomic E-state index is 0.0580. The predicted molar refractivity (Wildman–Crippen MR) is 93.9 cm³/mol. The molecule has 5 heteroatoms. The summed E-state index contributed by atoms with van der Waals surface area (Å²) in [6.07, 6.45) is 0. The third-order valence-electron chi connectivity index (χ3n) is 3.43. The Morgan fingerprint density at radius 1 is 1.18 bits per heavy atom. The smallest absolute Gasteiger partial charge is 0.262 e. The van der Waals surface area contributed by atoms with Gasteiger partial charge in [-0.3, -0.25) is 4.79 Å². The van der Waals surface area contributed by atoms with Gasteiger partial charge in [0, 0.05) is 4.47 Å². The highest BCUT2D eigenvalue weighted by atomic mass is 79.9. The lowest BCUT2D eigenvalue weighted by Crippen LogP contribution is -2.21. The lowest BCUT2D eigenvalue weighted by Gasteiger charge is -2.14. The Kier molecular flexibility index (Phi) is 5.48. The van der Waals surface area contributed by atoms with Crippen LogP contribution in [0.2, 0.25) is 5.02 Å². The van der Waals surface area contributed by atoms with E-state index in [0.29, 0.717) is 10.7 Å². The molecule has 0 aliphatic rings. The van der Waals surface area contributed by atoms with Gasteiger partial charge in [-0.2, -0.15) is 0 Å². The molecule has 0 aromatic heterocycles. The van der Waals surface area contributed by atoms with Crippen LogP contribution in [0, 0.1) is 20.8 Å². The second kappa shape index (κ2) is 7.16. The van der Waals surface area contributed by atoms with E-state index in [1.807, 2.05) is 39.0 Å². The third kappa shape index (κ3) is 4.02. The van der Waals surface area contributed by atoms with Crippen molar-refractivity contribution in [3.63, 3.8) is 0 Å². The number of benzene rings is 2. The summed E-state index contributed by atoms with van der Waals surface area (Å²) >= 11 is 9.40. The number of hydrogen-bond donors (Lipinski definition) is 1. The Hall–Kier alpha value is -1.52. The number of hydrogen-bond acceptors (Lipinski definition) is 2. The van der Waals surface area contributed by atoms with Gasteiger partial charge in [-0.15, -0.1) is 0 Å². The third-order valence-corrected chi connectivity index (χ3v) is 4.23. The van der Waals surface area contributed by atoms with E-state index in [1.165, 1.54) is 0 Å². The van der Waals surface area contributed by atoms with Crippen molar-refractivity contribution in [2.45, 2.75) is 20.8 Å². The van der Waals surface area contributed by atoms with Gasteiger partial charge >= 0.3 is 0 Å². The molecule has 0 spiro atoms. The molecule has 1 amide bonds. The first-order chi connectivity index (χ1) is 10.4. The highest BCUT2D eigenvalue weighted by Gasteiger charge is 2.10. The number of halogens is 2. The van der Waals surface area contributed by atoms with Crippen molar-refractivity contribution in [2.24, 2.45) is 0 Å². The number of nitrogens with one attached hydrogen (secondary N) is 1. The highest BCUT2D eigenvalue weighted by Crippen LogP contribution is 2.27. The van der Waals surface area contributed by atoms with Crippen LogP contribution in [0.1, 0.15) is 16.7 Å². The molecule has 0 atom stereocenters. The number of amides is 1. The van der Waals surface area contributed by atoms with Gasteiger partial charge in [0.25, 0.3) is 5.91 Å². The zero-order valence-electron chi connectivity index (χ0n) is 12.7. The van der Waals surface area contributed by atoms with E-state index in [-0.39, 0.29) is 12.5 Å². The van der Waals surface area contributed by atoms with Crippen LogP contribution in [0.3, 0.4) is 0 Å². The van der Waals surface area contributed by atoms with Crippen LogP contribution >= 0.6 is 27.5 Å². The van der Waals surface area contributed by atoms with Gasteiger partial charge in [-0.05, 0) is 55.7 Å². The summed E-state index contributed by atoms with van der Waals surface area (Å²) in [4.78, 5) is 12.0. The number of rotatable bonds is 4. The Morgan fingerprint density at radius 3 is 2.55 bits per heavy atom. The van der Waals surface area contributed by atoms with Crippen molar-refractivity contribution in [3.8, 4) is 5.75 Å². The largest absolute Gasteiger partial charge is 0.483 e. The molecule has 0 heterocycles. The maximum absolute atomic E-state index is 12.0. The quantitative estimate of drug-likeness (QED) is 0.804. The fraction of sp³-hybridized carbons (Fsp3) is 0.235. The monoisotopic (exact) mass is 381 g/mol. The van der Waals surface area contributed by atoms with Gasteiger partial charge < -0.3 is 10.1 Å². The van der Waals surface area contributed by atoms with E-state index in [4.69, 9.17) is 16.3 Å². The number of aryl methyl sites for hydroxylation is 2. The molecule has 2 rings (SSSR count). The second-order valence-electron chi connectivity index (χ2n) is 5.11. The molecule has 0 radical (unpaired) electrons. The predicted octanol–water partition coefficient (Wildman–Crippen LogP) is 5.05. The van der Waals surface area contributed by atoms with Crippen LogP contribution in [0.15, 0.2) is 34.8 Å². The molecule has 0 aliphatic heterocycles. The zero-order valence-corrected chi connectivity index (χ0v) is 15.0. The van der Waals surface area contributed by atoms with Crippen molar-refractivity contribution in [3.05, 3.63) is 56.5 Å². The number of ether oxygens (including phenoxy) is 1. The Labute approximate surface area is 143 Å². The SMILES string of the molecule is Cc1ccc(C)c(OCC(=O)Nc2ccc(Br)cc2Cl)c1C. The van der Waals surface area contributed by atoms with E-state index in [1.54, 1.807) is 12.1 Å². The van der Waals surface area contributed by atoms with Crippen molar-refractivity contribution in [2.75, 3.05) is 11.9 Å². The van der Waals surface area contributed by atoms with Crippen molar-refractivity contribution < 1.29 is 9.53 Å². The molecule has 0 unspecified atom stereocenters. The van der Waals surface area contributed by atoms with E-state index < -0.39 is 0 Å². The average Bonchev–Trinajstić information content (AvgIpc) is 2.46. The fourth-order valence-corrected chi connectivity index (χ4v) is 2.78. The lowest BCUT2D eigenvalue weighted by molar-refractivity contribution is -0.118. The molecular weight excluding hydrogens is 366 g/mol. The topological polar surface area (TPSA) is 38.3 Å². The summed E-state index contributed by atoms with van der Waals surface area (Å²) in [6.45, 7) is 5.91. The Bertz CT molecular complexity index is 716. The number of anilines is 1. The van der Waals surface area contributed by atoms with Crippen LogP contribution < -0.4 is 10.1 Å². The molecule has 0 saturated heterocycles. The molecular formula is C17H17BrClNO2. The molecule has 2 aromatic rings. The first kappa shape index (κ1) is 16.8. The summed E-state index contributed by atoms with van der Waals surface area (Å²) in [5.41, 5.74) is 3.76. The van der Waals surface area contributed by atoms with Gasteiger partial charge in [0.05, 0.1) is 10.7 Å². The minimum atomic E-state index is -0.246. The molecule has 116 valence electrons. The van der Waals surface area contributed by atoms with Gasteiger partial charge in [-0.1, -0.05) is 39.7 Å². The van der Waals surface area contributed by atoms with E-state index in [9.17, 15) is 4.79 Å². The molecule has 22 heavy (non-hydrogen) atoms.